The molecule has 2 N–H and O–H groups in total. The summed E-state index contributed by atoms with van der Waals surface area (Å²) in [6.07, 6.45) is 0.444. The van der Waals surface area contributed by atoms with Crippen LogP contribution in [-0.2, 0) is 9.59 Å². The third-order valence-electron chi connectivity index (χ3n) is 0.605. The van der Waals surface area contributed by atoms with E-state index in [9.17, 15) is 9.59 Å². The predicted molar refractivity (Wildman–Crippen MR) is 69.6 cm³/mol. The molecule has 0 aliphatic carbocycles. The van der Waals surface area contributed by atoms with Crippen molar-refractivity contribution in [2.24, 2.45) is 0 Å². The van der Waals surface area contributed by atoms with Gasteiger partial charge in [-0.1, -0.05) is 13.8 Å². The van der Waals surface area contributed by atoms with Crippen LogP contribution >= 0.6 is 37.4 Å². The molecule has 0 aliphatic rings. The number of carboxylic acid groups (broad SMARTS) is 2. The second-order valence-corrected chi connectivity index (χ2v) is 19.1. The fraction of sp³-hybridized carbons (Fsp3) is 0.667. The van der Waals surface area contributed by atoms with E-state index >= 15 is 0 Å². The van der Waals surface area contributed by atoms with Gasteiger partial charge in [-0.2, -0.15) is 0 Å². The average Bonchev–Trinajstić information content (AvgIpc) is 2.07. The molecule has 80 valence electrons. The van der Waals surface area contributed by atoms with Gasteiger partial charge in [0.1, 0.15) is 0 Å². The first-order chi connectivity index (χ1) is 5.95. The van der Waals surface area contributed by atoms with Crippen molar-refractivity contribution < 1.29 is 19.8 Å². The van der Waals surface area contributed by atoms with Crippen LogP contribution in [-0.4, -0.2) is 35.2 Å². The van der Waals surface area contributed by atoms with Gasteiger partial charge >= 0.3 is 62.4 Å². The van der Waals surface area contributed by atoms with Crippen molar-refractivity contribution in [1.29, 1.82) is 0 Å². The Bertz CT molecular complexity index is 118. The van der Waals surface area contributed by atoms with Crippen molar-refractivity contribution in [2.45, 2.75) is 26.7 Å². The summed E-state index contributed by atoms with van der Waals surface area (Å²) in [5.41, 5.74) is 0. The van der Waals surface area contributed by atoms with Crippen molar-refractivity contribution in [3.05, 3.63) is 0 Å². The van der Waals surface area contributed by atoms with E-state index in [2.05, 4.69) is 37.4 Å². The summed E-state index contributed by atoms with van der Waals surface area (Å²) in [6.45, 7) is 3.20. The quantitative estimate of drug-likeness (QED) is 0.426. The number of rotatable bonds is 2. The zero-order chi connectivity index (χ0) is 11.3. The molecule has 0 spiro atoms. The summed E-state index contributed by atoms with van der Waals surface area (Å²) in [6, 6.07) is 0. The van der Waals surface area contributed by atoms with Crippen LogP contribution in [0, 0.1) is 0 Å². The molecule has 0 aromatic carbocycles. The maximum atomic E-state index is 9.37. The zero-order valence-corrected chi connectivity index (χ0v) is 13.9. The van der Waals surface area contributed by atoms with E-state index < -0.39 is 11.9 Å². The van der Waals surface area contributed by atoms with Gasteiger partial charge in [0, 0.05) is 12.8 Å². The van der Waals surface area contributed by atoms with Gasteiger partial charge in [-0.05, 0) is 0 Å². The molecule has 13 heavy (non-hydrogen) atoms. The van der Waals surface area contributed by atoms with E-state index in [1.54, 1.807) is 13.8 Å². The molecule has 0 heterocycles. The Hall–Kier alpha value is 1.19. The van der Waals surface area contributed by atoms with Gasteiger partial charge in [0.2, 0.25) is 0 Å². The standard InChI is InChI=1S/2C3H6O2.I2Te/c2*1-2-3(4)5;1-3-2/h2*2H2,1H3,(H,4,5);. The number of carbonyl (C=O) groups is 2. The summed E-state index contributed by atoms with van der Waals surface area (Å²) in [5, 5.41) is 15.4. The van der Waals surface area contributed by atoms with E-state index in [0.717, 1.165) is 0 Å². The summed E-state index contributed by atoms with van der Waals surface area (Å²) in [7, 11) is 0. The molecule has 0 saturated carbocycles. The van der Waals surface area contributed by atoms with Crippen LogP contribution in [0.5, 0.6) is 0 Å². The molecular weight excluding hydrogens is 517 g/mol. The van der Waals surface area contributed by atoms with E-state index in [4.69, 9.17) is 10.2 Å². The van der Waals surface area contributed by atoms with Crippen molar-refractivity contribution >= 4 is 62.4 Å². The summed E-state index contributed by atoms with van der Waals surface area (Å²) in [5.74, 6) is -1.49. The fourth-order valence-electron chi connectivity index (χ4n) is 0. The second-order valence-electron chi connectivity index (χ2n) is 1.55. The SMILES string of the molecule is CCC(=O)O.CCC(=O)O.I[Te]I. The Kier molecular flexibility index (Phi) is 28.6. The van der Waals surface area contributed by atoms with E-state index in [1.807, 2.05) is 0 Å². The molecule has 0 rings (SSSR count). The van der Waals surface area contributed by atoms with Crippen LogP contribution in [0.3, 0.4) is 0 Å². The molecule has 0 aromatic rings. The van der Waals surface area contributed by atoms with Crippen molar-refractivity contribution in [1.82, 2.24) is 0 Å². The summed E-state index contributed by atoms with van der Waals surface area (Å²) in [4.78, 5) is 18.7. The number of carboxylic acids is 2. The number of hydrogen-bond acceptors (Lipinski definition) is 2. The Labute approximate surface area is 107 Å². The molecule has 0 amide bonds. The van der Waals surface area contributed by atoms with Crippen LogP contribution in [0.25, 0.3) is 0 Å². The molecule has 0 aliphatic heterocycles. The van der Waals surface area contributed by atoms with Gasteiger partial charge in [0.25, 0.3) is 0 Å². The molecule has 0 aromatic heterocycles. The van der Waals surface area contributed by atoms with Crippen molar-refractivity contribution in [3.8, 4) is 0 Å². The third-order valence-corrected chi connectivity index (χ3v) is 0.605. The van der Waals surface area contributed by atoms with Gasteiger partial charge in [-0.3, -0.25) is 9.59 Å². The maximum absolute atomic E-state index is 9.37. The van der Waals surface area contributed by atoms with Crippen LogP contribution in [0.1, 0.15) is 26.7 Å². The van der Waals surface area contributed by atoms with Crippen LogP contribution in [0.4, 0.5) is 0 Å². The topological polar surface area (TPSA) is 74.6 Å². The minimum absolute atomic E-state index is 0.222. The van der Waals surface area contributed by atoms with Crippen LogP contribution in [0.15, 0.2) is 0 Å². The molecule has 0 unspecified atom stereocenters. The second kappa shape index (κ2) is 18.9. The normalized spacial score (nSPS) is 7.08. The Morgan fingerprint density at radius 2 is 1.15 bits per heavy atom. The van der Waals surface area contributed by atoms with Gasteiger partial charge in [0.05, 0.1) is 0 Å². The summed E-state index contributed by atoms with van der Waals surface area (Å²) >= 11 is 5.22. The molecule has 0 bridgehead atoms. The van der Waals surface area contributed by atoms with E-state index in [0.29, 0.717) is 13.0 Å². The van der Waals surface area contributed by atoms with Gasteiger partial charge in [-0.15, -0.1) is 0 Å². The first kappa shape index (κ1) is 19.7. The number of hydrogen-bond donors (Lipinski definition) is 2. The van der Waals surface area contributed by atoms with Gasteiger partial charge < -0.3 is 10.2 Å². The molecule has 0 fully saturated rings. The molecular formula is C6H12I2O4Te. The zero-order valence-electron chi connectivity index (χ0n) is 7.29. The Morgan fingerprint density at radius 1 is 1.08 bits per heavy atom. The first-order valence-electron chi connectivity index (χ1n) is 3.29. The van der Waals surface area contributed by atoms with E-state index in [1.165, 1.54) is 0 Å². The molecule has 7 heteroatoms. The van der Waals surface area contributed by atoms with Gasteiger partial charge in [0.15, 0.2) is 0 Å². The van der Waals surface area contributed by atoms with E-state index in [-0.39, 0.29) is 12.8 Å². The molecule has 4 nitrogen and oxygen atoms in total. The monoisotopic (exact) mass is 532 g/mol. The Morgan fingerprint density at radius 3 is 1.15 bits per heavy atom. The van der Waals surface area contributed by atoms with Gasteiger partial charge in [-0.25, -0.2) is 0 Å². The molecule has 0 radical (unpaired) electrons. The minimum atomic E-state index is -0.745. The van der Waals surface area contributed by atoms with Crippen LogP contribution < -0.4 is 0 Å². The third kappa shape index (κ3) is 61.3. The number of aliphatic carboxylic acids is 2. The Balaban J connectivity index is -0.000000120. The number of halogens is 2. The summed E-state index contributed by atoms with van der Waals surface area (Å²) < 4.78 is 0. The van der Waals surface area contributed by atoms with Crippen molar-refractivity contribution in [2.75, 3.05) is 0 Å². The molecule has 0 saturated heterocycles. The average molecular weight is 530 g/mol. The molecule has 0 atom stereocenters. The van der Waals surface area contributed by atoms with Crippen molar-refractivity contribution in [3.63, 3.8) is 0 Å². The van der Waals surface area contributed by atoms with Crippen LogP contribution in [0.2, 0.25) is 0 Å². The first-order valence-corrected chi connectivity index (χ1v) is 16.9. The fourth-order valence-corrected chi connectivity index (χ4v) is 0. The predicted octanol–water partition coefficient (Wildman–Crippen LogP) is 2.35.